The minimum absolute atomic E-state index is 0.142. The molecule has 1 heterocycles. The number of rotatable bonds is 6. The lowest BCUT2D eigenvalue weighted by Gasteiger charge is -2.06. The fourth-order valence-corrected chi connectivity index (χ4v) is 1.65. The number of pyridine rings is 1. The van der Waals surface area contributed by atoms with Gasteiger partial charge in [-0.05, 0) is 6.07 Å². The number of sulfonamides is 1. The number of nitrogens with zero attached hydrogens (tertiary/aromatic N) is 2. The maximum atomic E-state index is 11.3. The summed E-state index contributed by atoms with van der Waals surface area (Å²) >= 11 is 0. The standard InChI is InChI=1S/C9H12N4O6S/c1-19-9(14)6-2-3-7(13(15)16)8(12-6)11-4-5-20(10,17)18/h2-3H,4-5H2,1H3,(H,11,12)(H2,10,17,18). The Labute approximate surface area is 114 Å². The third-order valence-electron chi connectivity index (χ3n) is 2.14. The third kappa shape index (κ3) is 4.44. The number of nitro groups is 1. The van der Waals surface area contributed by atoms with Gasteiger partial charge in [0.1, 0.15) is 0 Å². The zero-order valence-electron chi connectivity index (χ0n) is 10.4. The molecule has 0 atom stereocenters. The van der Waals surface area contributed by atoms with Crippen LogP contribution in [0.25, 0.3) is 0 Å². The largest absolute Gasteiger partial charge is 0.464 e. The van der Waals surface area contributed by atoms with Crippen LogP contribution in [0.1, 0.15) is 10.5 Å². The van der Waals surface area contributed by atoms with E-state index in [1.807, 2.05) is 0 Å². The summed E-state index contributed by atoms with van der Waals surface area (Å²) in [5.74, 6) is -1.44. The highest BCUT2D eigenvalue weighted by Crippen LogP contribution is 2.22. The van der Waals surface area contributed by atoms with Gasteiger partial charge in [0.15, 0.2) is 5.69 Å². The Kier molecular flexibility index (Phi) is 4.94. The van der Waals surface area contributed by atoms with E-state index in [1.54, 1.807) is 0 Å². The van der Waals surface area contributed by atoms with E-state index in [1.165, 1.54) is 0 Å². The summed E-state index contributed by atoms with van der Waals surface area (Å²) in [6.07, 6.45) is 0. The molecular weight excluding hydrogens is 292 g/mol. The molecule has 10 nitrogen and oxygen atoms in total. The SMILES string of the molecule is COC(=O)c1ccc([N+](=O)[O-])c(NCCS(N)(=O)=O)n1. The number of primary sulfonamides is 1. The van der Waals surface area contributed by atoms with E-state index >= 15 is 0 Å². The minimum Gasteiger partial charge on any atom is -0.464 e. The number of carbonyl (C=O) groups is 1. The van der Waals surface area contributed by atoms with Gasteiger partial charge in [-0.2, -0.15) is 0 Å². The zero-order chi connectivity index (χ0) is 15.3. The molecule has 0 aliphatic rings. The summed E-state index contributed by atoms with van der Waals surface area (Å²) in [4.78, 5) is 25.1. The Balaban J connectivity index is 3.00. The van der Waals surface area contributed by atoms with Crippen LogP contribution in [0.4, 0.5) is 11.5 Å². The van der Waals surface area contributed by atoms with Crippen LogP contribution in [0, 0.1) is 10.1 Å². The molecule has 0 radical (unpaired) electrons. The van der Waals surface area contributed by atoms with E-state index in [-0.39, 0.29) is 18.1 Å². The van der Waals surface area contributed by atoms with Gasteiger partial charge < -0.3 is 10.1 Å². The number of carbonyl (C=O) groups excluding carboxylic acids is 1. The first kappa shape index (κ1) is 15.8. The van der Waals surface area contributed by atoms with Crippen molar-refractivity contribution >= 4 is 27.5 Å². The molecule has 11 heteroatoms. The van der Waals surface area contributed by atoms with Crippen LogP contribution >= 0.6 is 0 Å². The van der Waals surface area contributed by atoms with Crippen molar-refractivity contribution in [3.05, 3.63) is 27.9 Å². The van der Waals surface area contributed by atoms with E-state index in [4.69, 9.17) is 5.14 Å². The third-order valence-corrected chi connectivity index (χ3v) is 2.92. The highest BCUT2D eigenvalue weighted by atomic mass is 32.2. The molecule has 0 fully saturated rings. The molecule has 1 aromatic heterocycles. The van der Waals surface area contributed by atoms with E-state index in [2.05, 4.69) is 15.0 Å². The Morgan fingerprint density at radius 1 is 1.55 bits per heavy atom. The van der Waals surface area contributed by atoms with E-state index < -0.39 is 32.4 Å². The van der Waals surface area contributed by atoms with Crippen LogP contribution in [-0.2, 0) is 14.8 Å². The summed E-state index contributed by atoms with van der Waals surface area (Å²) < 4.78 is 26.0. The minimum atomic E-state index is -3.71. The predicted molar refractivity (Wildman–Crippen MR) is 68.7 cm³/mol. The number of aromatic nitrogens is 1. The number of esters is 1. The predicted octanol–water partition coefficient (Wildman–Crippen LogP) is -0.523. The van der Waals surface area contributed by atoms with Crippen molar-refractivity contribution in [2.45, 2.75) is 0 Å². The van der Waals surface area contributed by atoms with Gasteiger partial charge >= 0.3 is 11.7 Å². The number of nitrogens with one attached hydrogen (secondary N) is 1. The first-order valence-electron chi connectivity index (χ1n) is 5.22. The molecular formula is C9H12N4O6S. The average molecular weight is 304 g/mol. The normalized spacial score (nSPS) is 10.9. The number of ether oxygens (including phenoxy) is 1. The summed E-state index contributed by atoms with van der Waals surface area (Å²) in [5.41, 5.74) is -0.539. The van der Waals surface area contributed by atoms with E-state index in [0.717, 1.165) is 19.2 Å². The van der Waals surface area contributed by atoms with Crippen LogP contribution in [0.5, 0.6) is 0 Å². The second kappa shape index (κ2) is 6.25. The van der Waals surface area contributed by atoms with Crippen molar-refractivity contribution in [2.24, 2.45) is 5.14 Å². The van der Waals surface area contributed by atoms with Gasteiger partial charge in [0.2, 0.25) is 15.8 Å². The van der Waals surface area contributed by atoms with Gasteiger partial charge in [0, 0.05) is 12.6 Å². The topological polar surface area (TPSA) is 155 Å². The van der Waals surface area contributed by atoms with Gasteiger partial charge in [0.25, 0.3) is 0 Å². The molecule has 0 amide bonds. The van der Waals surface area contributed by atoms with Crippen molar-refractivity contribution in [3.8, 4) is 0 Å². The van der Waals surface area contributed by atoms with Gasteiger partial charge in [-0.25, -0.2) is 23.3 Å². The van der Waals surface area contributed by atoms with E-state index in [0.29, 0.717) is 0 Å². The summed E-state index contributed by atoms with van der Waals surface area (Å²) in [6.45, 7) is -0.183. The number of hydrogen-bond acceptors (Lipinski definition) is 8. The van der Waals surface area contributed by atoms with Crippen LogP contribution in [-0.4, -0.2) is 43.7 Å². The number of methoxy groups -OCH3 is 1. The number of nitrogens with two attached hydrogens (primary N) is 1. The van der Waals surface area contributed by atoms with Crippen molar-refractivity contribution in [1.29, 1.82) is 0 Å². The van der Waals surface area contributed by atoms with Crippen LogP contribution in [0.3, 0.4) is 0 Å². The molecule has 0 aromatic carbocycles. The number of anilines is 1. The van der Waals surface area contributed by atoms with Crippen molar-refractivity contribution in [1.82, 2.24) is 4.98 Å². The second-order valence-corrected chi connectivity index (χ2v) is 5.34. The molecule has 0 saturated heterocycles. The molecule has 1 rings (SSSR count). The van der Waals surface area contributed by atoms with Crippen LogP contribution in [0.15, 0.2) is 12.1 Å². The molecule has 0 unspecified atom stereocenters. The van der Waals surface area contributed by atoms with E-state index in [9.17, 15) is 23.3 Å². The van der Waals surface area contributed by atoms with Crippen molar-refractivity contribution < 1.29 is 22.9 Å². The smallest absolute Gasteiger partial charge is 0.356 e. The Hall–Kier alpha value is -2.27. The highest BCUT2D eigenvalue weighted by molar-refractivity contribution is 7.89. The van der Waals surface area contributed by atoms with Crippen LogP contribution < -0.4 is 10.5 Å². The lowest BCUT2D eigenvalue weighted by atomic mass is 10.3. The van der Waals surface area contributed by atoms with Crippen molar-refractivity contribution in [2.75, 3.05) is 24.7 Å². The maximum Gasteiger partial charge on any atom is 0.356 e. The molecule has 0 aliphatic heterocycles. The summed E-state index contributed by atoms with van der Waals surface area (Å²) in [5, 5.41) is 18.1. The lowest BCUT2D eigenvalue weighted by Crippen LogP contribution is -2.23. The molecule has 0 bridgehead atoms. The summed E-state index contributed by atoms with van der Waals surface area (Å²) in [6, 6.07) is 2.20. The Morgan fingerprint density at radius 3 is 2.70 bits per heavy atom. The first-order valence-corrected chi connectivity index (χ1v) is 6.94. The lowest BCUT2D eigenvalue weighted by molar-refractivity contribution is -0.384. The van der Waals surface area contributed by atoms with Gasteiger partial charge in [-0.15, -0.1) is 0 Å². The van der Waals surface area contributed by atoms with Crippen molar-refractivity contribution in [3.63, 3.8) is 0 Å². The fourth-order valence-electron chi connectivity index (χ4n) is 1.26. The molecule has 0 spiro atoms. The average Bonchev–Trinajstić information content (AvgIpc) is 2.35. The summed E-state index contributed by atoms with van der Waals surface area (Å²) in [7, 11) is -2.57. The monoisotopic (exact) mass is 304 g/mol. The molecule has 0 saturated carbocycles. The van der Waals surface area contributed by atoms with Gasteiger partial charge in [0.05, 0.1) is 17.8 Å². The quantitative estimate of drug-likeness (QED) is 0.404. The first-order chi connectivity index (χ1) is 9.24. The zero-order valence-corrected chi connectivity index (χ0v) is 11.2. The van der Waals surface area contributed by atoms with Crippen LogP contribution in [0.2, 0.25) is 0 Å². The molecule has 0 aliphatic carbocycles. The fraction of sp³-hybridized carbons (Fsp3) is 0.333. The second-order valence-electron chi connectivity index (χ2n) is 3.61. The van der Waals surface area contributed by atoms with Gasteiger partial charge in [-0.1, -0.05) is 0 Å². The molecule has 20 heavy (non-hydrogen) atoms. The number of hydrogen-bond donors (Lipinski definition) is 2. The highest BCUT2D eigenvalue weighted by Gasteiger charge is 2.19. The molecule has 1 aromatic rings. The maximum absolute atomic E-state index is 11.3. The Bertz CT molecular complexity index is 629. The molecule has 110 valence electrons. The molecule has 3 N–H and O–H groups in total. The Morgan fingerprint density at radius 2 is 2.20 bits per heavy atom. The van der Waals surface area contributed by atoms with Gasteiger partial charge in [-0.3, -0.25) is 10.1 Å².